The quantitative estimate of drug-likeness (QED) is 0.923. The molecule has 1 aromatic carbocycles. The van der Waals surface area contributed by atoms with Crippen LogP contribution in [0.4, 0.5) is 4.39 Å². The van der Waals surface area contributed by atoms with Crippen LogP contribution in [0.5, 0.6) is 5.75 Å². The lowest BCUT2D eigenvalue weighted by Gasteiger charge is -2.40. The summed E-state index contributed by atoms with van der Waals surface area (Å²) in [5.41, 5.74) is 0.741. The molecule has 0 amide bonds. The molecule has 2 heterocycles. The number of ether oxygens (including phenoxy) is 1. The zero-order chi connectivity index (χ0) is 15.0. The summed E-state index contributed by atoms with van der Waals surface area (Å²) in [7, 11) is 5.69. The number of fused-ring (bicyclic) bond motifs is 2. The van der Waals surface area contributed by atoms with Crippen molar-refractivity contribution in [3.63, 3.8) is 0 Å². The molecule has 1 aromatic rings. The lowest BCUT2D eigenvalue weighted by atomic mass is 9.82. The van der Waals surface area contributed by atoms with Gasteiger partial charge in [0.25, 0.3) is 0 Å². The van der Waals surface area contributed by atoms with Gasteiger partial charge in [0.15, 0.2) is 11.6 Å². The zero-order valence-corrected chi connectivity index (χ0v) is 13.1. The van der Waals surface area contributed by atoms with E-state index in [0.717, 1.165) is 18.4 Å². The third-order valence-corrected chi connectivity index (χ3v) is 5.47. The molecule has 1 N–H and O–H groups in total. The maximum absolute atomic E-state index is 14.6. The second-order valence-electron chi connectivity index (χ2n) is 6.41. The largest absolute Gasteiger partial charge is 0.494 e. The van der Waals surface area contributed by atoms with E-state index in [-0.39, 0.29) is 11.9 Å². The van der Waals surface area contributed by atoms with Gasteiger partial charge in [-0.3, -0.25) is 0 Å². The molecule has 0 aromatic heterocycles. The third-order valence-electron chi connectivity index (χ3n) is 5.47. The Morgan fingerprint density at radius 1 is 1.29 bits per heavy atom. The van der Waals surface area contributed by atoms with Crippen LogP contribution in [0.2, 0.25) is 0 Å². The summed E-state index contributed by atoms with van der Waals surface area (Å²) in [5, 5.41) is 3.35. The minimum Gasteiger partial charge on any atom is -0.494 e. The Morgan fingerprint density at radius 2 is 1.95 bits per heavy atom. The maximum atomic E-state index is 14.6. The highest BCUT2D eigenvalue weighted by Gasteiger charge is 2.41. The minimum atomic E-state index is -0.217. The predicted octanol–water partition coefficient (Wildman–Crippen LogP) is 2.97. The first-order valence-electron chi connectivity index (χ1n) is 7.87. The number of benzene rings is 1. The van der Waals surface area contributed by atoms with Gasteiger partial charge in [0.2, 0.25) is 0 Å². The van der Waals surface area contributed by atoms with Crippen molar-refractivity contribution in [3.05, 3.63) is 29.6 Å². The first-order valence-corrected chi connectivity index (χ1v) is 7.87. The fourth-order valence-electron chi connectivity index (χ4n) is 4.30. The highest BCUT2D eigenvalue weighted by atomic mass is 19.1. The van der Waals surface area contributed by atoms with E-state index >= 15 is 0 Å². The van der Waals surface area contributed by atoms with Gasteiger partial charge in [-0.05, 0) is 51.8 Å². The maximum Gasteiger partial charge on any atom is 0.169 e. The van der Waals surface area contributed by atoms with E-state index in [2.05, 4.69) is 17.3 Å². The Morgan fingerprint density at radius 3 is 2.52 bits per heavy atom. The standard InChI is InChI=1S/C17H25FN2O/c1-19-17(14-5-4-6-15(21-3)16(14)18)11-9-12-7-8-13(10-11)20(12)2/h4-6,11-13,17,19H,7-10H2,1-3H3. The van der Waals surface area contributed by atoms with E-state index in [1.165, 1.54) is 20.0 Å². The normalized spacial score (nSPS) is 30.4. The van der Waals surface area contributed by atoms with Gasteiger partial charge in [-0.1, -0.05) is 12.1 Å². The van der Waals surface area contributed by atoms with Crippen LogP contribution in [0.3, 0.4) is 0 Å². The molecule has 0 spiro atoms. The van der Waals surface area contributed by atoms with Crippen LogP contribution < -0.4 is 10.1 Å². The van der Waals surface area contributed by atoms with Gasteiger partial charge in [0, 0.05) is 23.7 Å². The van der Waals surface area contributed by atoms with Gasteiger partial charge < -0.3 is 15.0 Å². The van der Waals surface area contributed by atoms with Gasteiger partial charge >= 0.3 is 0 Å². The van der Waals surface area contributed by atoms with Gasteiger partial charge in [0.05, 0.1) is 7.11 Å². The summed E-state index contributed by atoms with van der Waals surface area (Å²) in [5.74, 6) is 0.611. The number of piperidine rings is 1. The minimum absolute atomic E-state index is 0.0666. The van der Waals surface area contributed by atoms with Crippen LogP contribution in [0.1, 0.15) is 37.3 Å². The van der Waals surface area contributed by atoms with Crippen LogP contribution in [0.15, 0.2) is 18.2 Å². The summed E-state index contributed by atoms with van der Waals surface area (Å²) >= 11 is 0. The molecule has 2 aliphatic rings. The van der Waals surface area contributed by atoms with Crippen molar-refractivity contribution < 1.29 is 9.13 Å². The highest BCUT2D eigenvalue weighted by molar-refractivity contribution is 5.33. The van der Waals surface area contributed by atoms with Crippen LogP contribution in [-0.4, -0.2) is 38.2 Å². The van der Waals surface area contributed by atoms with Crippen molar-refractivity contribution >= 4 is 0 Å². The monoisotopic (exact) mass is 292 g/mol. The van der Waals surface area contributed by atoms with Crippen molar-refractivity contribution in [1.29, 1.82) is 0 Å². The van der Waals surface area contributed by atoms with Crippen molar-refractivity contribution in [1.82, 2.24) is 10.2 Å². The van der Waals surface area contributed by atoms with Gasteiger partial charge in [-0.2, -0.15) is 0 Å². The van der Waals surface area contributed by atoms with Crippen molar-refractivity contribution in [2.24, 2.45) is 5.92 Å². The fraction of sp³-hybridized carbons (Fsp3) is 0.647. The van der Waals surface area contributed by atoms with Crippen molar-refractivity contribution in [2.75, 3.05) is 21.2 Å². The van der Waals surface area contributed by atoms with Crippen LogP contribution in [0, 0.1) is 11.7 Å². The Hall–Kier alpha value is -1.13. The summed E-state index contributed by atoms with van der Waals surface area (Å²) in [6.07, 6.45) is 4.87. The topological polar surface area (TPSA) is 24.5 Å². The van der Waals surface area contributed by atoms with E-state index in [0.29, 0.717) is 23.8 Å². The van der Waals surface area contributed by atoms with Gasteiger partial charge in [-0.25, -0.2) is 4.39 Å². The van der Waals surface area contributed by atoms with Crippen LogP contribution in [-0.2, 0) is 0 Å². The molecule has 4 heteroatoms. The molecule has 3 nitrogen and oxygen atoms in total. The summed E-state index contributed by atoms with van der Waals surface area (Å²) in [6, 6.07) is 6.85. The molecular formula is C17H25FN2O. The SMILES string of the molecule is CNC(c1cccc(OC)c1F)C1CC2CCC(C1)N2C. The van der Waals surface area contributed by atoms with E-state index in [9.17, 15) is 4.39 Å². The highest BCUT2D eigenvalue weighted by Crippen LogP contribution is 2.43. The summed E-state index contributed by atoms with van der Waals surface area (Å²) < 4.78 is 19.7. The van der Waals surface area contributed by atoms with E-state index in [1.54, 1.807) is 6.07 Å². The van der Waals surface area contributed by atoms with Crippen LogP contribution >= 0.6 is 0 Å². The third kappa shape index (κ3) is 2.55. The molecule has 21 heavy (non-hydrogen) atoms. The summed E-state index contributed by atoms with van der Waals surface area (Å²) in [6.45, 7) is 0. The number of nitrogens with zero attached hydrogens (tertiary/aromatic N) is 1. The molecule has 2 saturated heterocycles. The predicted molar refractivity (Wildman–Crippen MR) is 82.0 cm³/mol. The molecule has 2 fully saturated rings. The Bertz CT molecular complexity index is 494. The zero-order valence-electron chi connectivity index (χ0n) is 13.1. The van der Waals surface area contributed by atoms with Crippen molar-refractivity contribution in [3.8, 4) is 5.75 Å². The molecule has 3 rings (SSSR count). The number of hydrogen-bond donors (Lipinski definition) is 1. The van der Waals surface area contributed by atoms with Crippen molar-refractivity contribution in [2.45, 2.75) is 43.8 Å². The lowest BCUT2D eigenvalue weighted by Crippen LogP contribution is -2.43. The molecule has 0 radical (unpaired) electrons. The van der Waals surface area contributed by atoms with Gasteiger partial charge in [-0.15, -0.1) is 0 Å². The Kier molecular flexibility index (Phi) is 4.18. The Labute approximate surface area is 126 Å². The van der Waals surface area contributed by atoms with Crippen LogP contribution in [0.25, 0.3) is 0 Å². The average Bonchev–Trinajstić information content (AvgIpc) is 2.72. The molecule has 116 valence electrons. The molecule has 3 unspecified atom stereocenters. The smallest absolute Gasteiger partial charge is 0.169 e. The number of nitrogens with one attached hydrogen (secondary N) is 1. The Balaban J connectivity index is 1.86. The van der Waals surface area contributed by atoms with E-state index in [4.69, 9.17) is 4.74 Å². The van der Waals surface area contributed by atoms with Gasteiger partial charge in [0.1, 0.15) is 0 Å². The number of methoxy groups -OCH3 is 1. The molecule has 2 aliphatic heterocycles. The average molecular weight is 292 g/mol. The number of rotatable bonds is 4. The molecule has 0 aliphatic carbocycles. The first-order chi connectivity index (χ1) is 10.2. The summed E-state index contributed by atoms with van der Waals surface area (Å²) in [4.78, 5) is 2.52. The molecule has 0 saturated carbocycles. The van der Waals surface area contributed by atoms with E-state index < -0.39 is 0 Å². The molecule has 2 bridgehead atoms. The lowest BCUT2D eigenvalue weighted by molar-refractivity contribution is 0.113. The van der Waals surface area contributed by atoms with E-state index in [1.807, 2.05) is 19.2 Å². The molecular weight excluding hydrogens is 267 g/mol. The molecule has 3 atom stereocenters. The second kappa shape index (κ2) is 5.93. The number of halogens is 1. The fourth-order valence-corrected chi connectivity index (χ4v) is 4.30. The second-order valence-corrected chi connectivity index (χ2v) is 6.41. The first kappa shape index (κ1) is 14.8. The number of hydrogen-bond acceptors (Lipinski definition) is 3.